The number of nitrogens with one attached hydrogen (secondary N) is 4. The van der Waals surface area contributed by atoms with Crippen LogP contribution >= 0.6 is 0 Å². The average molecular weight is 1640 g/mol. The van der Waals surface area contributed by atoms with Gasteiger partial charge in [0.15, 0.2) is 56.6 Å². The molecule has 0 spiro atoms. The smallest absolute Gasteiger partial charge is 0.217 e. The van der Waals surface area contributed by atoms with Gasteiger partial charge in [-0.25, -0.2) is 0 Å². The number of carbonyl (C=O) groups is 4. The first-order valence-electron chi connectivity index (χ1n) is 35.6. The van der Waals surface area contributed by atoms with Gasteiger partial charge in [0.1, 0.15) is 219 Å². The van der Waals surface area contributed by atoms with Gasteiger partial charge in [-0.2, -0.15) is 0 Å². The summed E-state index contributed by atoms with van der Waals surface area (Å²) in [6.45, 7) is -6.01. The average Bonchev–Trinajstić information content (AvgIpc) is 0.966. The number of ether oxygens (including phenoxy) is 17. The third-order valence-corrected chi connectivity index (χ3v) is 20.4. The van der Waals surface area contributed by atoms with Crippen molar-refractivity contribution in [3.63, 3.8) is 0 Å². The van der Waals surface area contributed by atoms with Crippen molar-refractivity contribution in [3.05, 3.63) is 0 Å². The van der Waals surface area contributed by atoms with E-state index in [1.54, 1.807) is 0 Å². The maximum Gasteiger partial charge on any atom is 0.217 e. The number of carbonyl (C=O) groups excluding carboxylic acids is 4. The molecule has 0 unspecified atom stereocenters. The number of aliphatic hydroxyl groups is 25. The van der Waals surface area contributed by atoms with Gasteiger partial charge < -0.3 is 229 Å². The largest absolute Gasteiger partial charge is 0.394 e. The van der Waals surface area contributed by atoms with Crippen molar-refractivity contribution < 1.29 is 227 Å². The SMILES string of the molecule is CC(=O)N[C@@H]1[C@@H](O)[C@H](O[C@@H]2O[C@H](CO)[C@@H](O[C@@H]3O[C@H](CO[C@@H]4O[C@H](CO)[C@@H](O)[C@H](O)[C@@H]4O[C@@H]4O[C@H](CO)[C@@H](O[C@@H]5O[C@H](CO)[C@H](O)[C@H](O)[C@H]5O)[C@H](O)[C@H]4NC(C)=O)[C@@H](O)[C@H](O[C@@H]4O[C@H](CO)[C@@H](O)[C@H](O)[C@@H]4O[C@@H]4O[C@H](CO)[C@@H](O[C@@H]5O[C@H](CO)[C@H](O)[C@H](O)[C@H]5O)[C@H](O)[C@H]4NC(C)=O)[C@@H]3O)[C@H](O)[C@H]2NC(C)=O)[C@@H](CO)O[C@H]1O. The highest BCUT2D eigenvalue weighted by Crippen LogP contribution is 2.40. The molecular formula is C62H104N4O46. The second kappa shape index (κ2) is 40.3. The van der Waals surface area contributed by atoms with Crippen LogP contribution in [0.15, 0.2) is 0 Å². The number of hydrogen-bond donors (Lipinski definition) is 29. The first-order valence-corrected chi connectivity index (χ1v) is 35.6. The minimum absolute atomic E-state index is 0.788. The Labute approximate surface area is 634 Å². The molecule has 50 heteroatoms. The molecule has 0 radical (unpaired) electrons. The first-order chi connectivity index (χ1) is 53.0. The van der Waals surface area contributed by atoms with Gasteiger partial charge >= 0.3 is 0 Å². The van der Waals surface area contributed by atoms with E-state index in [1.165, 1.54) is 0 Å². The molecule has 9 aliphatic rings. The van der Waals surface area contributed by atoms with Crippen molar-refractivity contribution in [1.82, 2.24) is 21.3 Å². The summed E-state index contributed by atoms with van der Waals surface area (Å²) in [4.78, 5) is 50.9. The van der Waals surface area contributed by atoms with Crippen molar-refractivity contribution in [2.45, 2.75) is 304 Å². The van der Waals surface area contributed by atoms with Crippen LogP contribution in [0.2, 0.25) is 0 Å². The monoisotopic (exact) mass is 1640 g/mol. The van der Waals surface area contributed by atoms with E-state index in [1.807, 2.05) is 0 Å². The van der Waals surface area contributed by atoms with E-state index < -0.39 is 359 Å². The Hall–Kier alpha value is -3.80. The van der Waals surface area contributed by atoms with Crippen molar-refractivity contribution in [2.24, 2.45) is 0 Å². The third-order valence-electron chi connectivity index (χ3n) is 20.4. The van der Waals surface area contributed by atoms with Gasteiger partial charge in [-0.3, -0.25) is 19.2 Å². The highest BCUT2D eigenvalue weighted by atomic mass is 16.8. The fraction of sp³-hybridized carbons (Fsp3) is 0.935. The Morgan fingerprint density at radius 1 is 0.232 bits per heavy atom. The van der Waals surface area contributed by atoms with E-state index in [0.717, 1.165) is 27.7 Å². The van der Waals surface area contributed by atoms with Crippen LogP contribution in [0.3, 0.4) is 0 Å². The van der Waals surface area contributed by atoms with Gasteiger partial charge in [0.2, 0.25) is 23.6 Å². The maximum atomic E-state index is 13.0. The van der Waals surface area contributed by atoms with Crippen molar-refractivity contribution >= 4 is 23.6 Å². The van der Waals surface area contributed by atoms with Gasteiger partial charge in [0.25, 0.3) is 0 Å². The summed E-state index contributed by atoms with van der Waals surface area (Å²) in [5.41, 5.74) is 0. The highest BCUT2D eigenvalue weighted by molar-refractivity contribution is 5.74. The summed E-state index contributed by atoms with van der Waals surface area (Å²) >= 11 is 0. The minimum Gasteiger partial charge on any atom is -0.394 e. The van der Waals surface area contributed by atoms with Gasteiger partial charge in [-0.05, 0) is 0 Å². The topological polar surface area (TPSA) is 779 Å². The van der Waals surface area contributed by atoms with Crippen LogP contribution in [0, 0.1) is 0 Å². The number of aliphatic hydroxyl groups excluding tert-OH is 25. The summed E-state index contributed by atoms with van der Waals surface area (Å²) in [5.74, 6) is -3.62. The summed E-state index contributed by atoms with van der Waals surface area (Å²) in [6, 6.07) is -7.42. The molecule has 9 aliphatic heterocycles. The lowest BCUT2D eigenvalue weighted by Crippen LogP contribution is -2.71. The molecule has 29 N–H and O–H groups in total. The zero-order chi connectivity index (χ0) is 82.5. The molecule has 9 saturated heterocycles. The summed E-state index contributed by atoms with van der Waals surface area (Å²) < 4.78 is 101. The molecule has 50 nitrogen and oxygen atoms in total. The lowest BCUT2D eigenvalue weighted by atomic mass is 9.93. The summed E-state index contributed by atoms with van der Waals surface area (Å²) in [5, 5.41) is 286. The number of hydrogen-bond acceptors (Lipinski definition) is 46. The summed E-state index contributed by atoms with van der Waals surface area (Å²) in [6.07, 6.45) is -85.1. The molecule has 9 rings (SSSR count). The van der Waals surface area contributed by atoms with Crippen LogP contribution in [0.1, 0.15) is 27.7 Å². The number of amides is 4. The molecule has 9 fully saturated rings. The molecule has 0 aliphatic carbocycles. The lowest BCUT2D eigenvalue weighted by molar-refractivity contribution is -0.399. The molecule has 4 amide bonds. The van der Waals surface area contributed by atoms with Crippen molar-refractivity contribution in [1.29, 1.82) is 0 Å². The van der Waals surface area contributed by atoms with Crippen LogP contribution in [-0.2, 0) is 99.7 Å². The predicted octanol–water partition coefficient (Wildman–Crippen LogP) is -20.1. The van der Waals surface area contributed by atoms with E-state index in [0.29, 0.717) is 0 Å². The maximum absolute atomic E-state index is 13.0. The minimum atomic E-state index is -2.57. The molecule has 0 saturated carbocycles. The Balaban J connectivity index is 1.05. The highest BCUT2D eigenvalue weighted by Gasteiger charge is 2.61. The van der Waals surface area contributed by atoms with Crippen molar-refractivity contribution in [2.75, 3.05) is 59.5 Å². The fourth-order valence-corrected chi connectivity index (χ4v) is 14.5. The third kappa shape index (κ3) is 20.2. The second-order valence-electron chi connectivity index (χ2n) is 28.2. The molecule has 0 bridgehead atoms. The van der Waals surface area contributed by atoms with Crippen LogP contribution in [0.25, 0.3) is 0 Å². The zero-order valence-corrected chi connectivity index (χ0v) is 60.1. The molecule has 648 valence electrons. The van der Waals surface area contributed by atoms with Crippen LogP contribution in [-0.4, -0.2) is 487 Å². The molecule has 45 atom stereocenters. The lowest BCUT2D eigenvalue weighted by Gasteiger charge is -2.51. The van der Waals surface area contributed by atoms with E-state index in [4.69, 9.17) is 80.5 Å². The van der Waals surface area contributed by atoms with Gasteiger partial charge in [-0.1, -0.05) is 0 Å². The first kappa shape index (κ1) is 92.1. The van der Waals surface area contributed by atoms with E-state index in [-0.39, 0.29) is 0 Å². The molecule has 9 heterocycles. The molecule has 0 aromatic carbocycles. The van der Waals surface area contributed by atoms with Gasteiger partial charge in [-0.15, -0.1) is 0 Å². The van der Waals surface area contributed by atoms with Crippen molar-refractivity contribution in [3.8, 4) is 0 Å². The molecule has 0 aromatic heterocycles. The Morgan fingerprint density at radius 2 is 0.482 bits per heavy atom. The van der Waals surface area contributed by atoms with Crippen LogP contribution < -0.4 is 21.3 Å². The quantitative estimate of drug-likeness (QED) is 0.0331. The van der Waals surface area contributed by atoms with Gasteiger partial charge in [0, 0.05) is 27.7 Å². The Bertz CT molecular complexity index is 2970. The Morgan fingerprint density at radius 3 is 0.830 bits per heavy atom. The normalized spacial score (nSPS) is 48.9. The van der Waals surface area contributed by atoms with E-state index in [9.17, 15) is 147 Å². The molecule has 0 aromatic rings. The number of rotatable bonds is 29. The standard InChI is InChI=1S/C62H104N4O46/c1-14(75)63-27-36(84)47(22(9-71)97-54(27)95)106-55-28(64-15(2)76)37(85)50(25(12-74)102-55)109-60-46(94)51(110-62-53(43(91)34(82)21(8-70)101-62)112-57-30(66-17(4)78)39(87)49(24(11-73)104-57)108-59-45(93)41(89)32(80)19(6-68)99-59)35(83)26(105-60)13-96-61-52(42(90)33(81)20(7-69)100-61)111-56-29(65-16(3)77)38(86)48(23(10-72)103-56)107-58-44(92)40(88)31(79)18(5-67)98-58/h18-62,67-74,79-95H,5-13H2,1-4H3,(H,63,75)(H,64,76)(H,65,77)(H,66,78)/t18-,19-,20-,21-,22-,23-,24-,25-,26-,27-,28-,29-,30-,31+,32+,33-,34-,35-,36-,37-,38-,39-,40+,41+,42+,43+,44-,45-,46+,47-,48-,49-,50-,51+,52+,53+,54-,55+,56+,57+,58+,59+,60+,61-,62+/m1/s1. The molecule has 112 heavy (non-hydrogen) atoms. The zero-order valence-electron chi connectivity index (χ0n) is 60.1. The molecular weight excluding hydrogens is 1540 g/mol. The van der Waals surface area contributed by atoms with E-state index >= 15 is 0 Å². The predicted molar refractivity (Wildman–Crippen MR) is 343 cm³/mol. The van der Waals surface area contributed by atoms with Crippen LogP contribution in [0.5, 0.6) is 0 Å². The fourth-order valence-electron chi connectivity index (χ4n) is 14.5. The Kier molecular flexibility index (Phi) is 33.1. The second-order valence-corrected chi connectivity index (χ2v) is 28.2. The van der Waals surface area contributed by atoms with Gasteiger partial charge in [0.05, 0.1) is 59.5 Å². The summed E-state index contributed by atoms with van der Waals surface area (Å²) in [7, 11) is 0. The van der Waals surface area contributed by atoms with E-state index in [2.05, 4.69) is 21.3 Å². The van der Waals surface area contributed by atoms with Crippen LogP contribution in [0.4, 0.5) is 0 Å².